The number of carbonyl (C=O) groups excluding carboxylic acids is 3. The molecule has 0 aliphatic carbocycles. The molecule has 0 fully saturated rings. The van der Waals surface area contributed by atoms with Gasteiger partial charge < -0.3 is 19.3 Å². The van der Waals surface area contributed by atoms with Gasteiger partial charge in [0.05, 0.1) is 6.61 Å². The second-order valence-corrected chi connectivity index (χ2v) is 19.9. The molecule has 7 nitrogen and oxygen atoms in total. The third kappa shape index (κ3) is 40.5. The zero-order valence-electron chi connectivity index (χ0n) is 40.5. The van der Waals surface area contributed by atoms with Gasteiger partial charge in [-0.1, -0.05) is 181 Å². The van der Waals surface area contributed by atoms with Crippen molar-refractivity contribution in [3.8, 4) is 0 Å². The number of nitrogens with zero attached hydrogens (tertiary/aromatic N) is 2. The van der Waals surface area contributed by atoms with Crippen LogP contribution in [-0.2, 0) is 19.1 Å². The Morgan fingerprint density at radius 3 is 1.44 bits per heavy atom. The Bertz CT molecular complexity index is 944. The van der Waals surface area contributed by atoms with Crippen LogP contribution in [0, 0.1) is 5.41 Å². The van der Waals surface area contributed by atoms with Crippen molar-refractivity contribution in [3.63, 3.8) is 0 Å². The van der Waals surface area contributed by atoms with Gasteiger partial charge in [0.1, 0.15) is 6.10 Å². The maximum Gasteiger partial charge on any atom is 0.306 e. The number of ether oxygens (including phenoxy) is 2. The first-order valence-electron chi connectivity index (χ1n) is 25.5. The van der Waals surface area contributed by atoms with Crippen LogP contribution in [0.1, 0.15) is 253 Å². The van der Waals surface area contributed by atoms with Crippen LogP contribution in [-0.4, -0.2) is 79.2 Å². The molecule has 1 amide bonds. The van der Waals surface area contributed by atoms with Crippen molar-refractivity contribution in [1.29, 1.82) is 0 Å². The number of rotatable bonds is 44. The first-order valence-corrected chi connectivity index (χ1v) is 26.4. The summed E-state index contributed by atoms with van der Waals surface area (Å²) in [4.78, 5) is 42.8. The highest BCUT2D eigenvalue weighted by molar-refractivity contribution is 8.13. The lowest BCUT2D eigenvalue weighted by atomic mass is 9.88. The highest BCUT2D eigenvalue weighted by Gasteiger charge is 2.21. The molecule has 350 valence electrons. The predicted molar refractivity (Wildman–Crippen MR) is 257 cm³/mol. The molecule has 0 atom stereocenters. The van der Waals surface area contributed by atoms with Crippen LogP contribution >= 0.6 is 11.8 Å². The summed E-state index contributed by atoms with van der Waals surface area (Å²) in [5.41, 5.74) is -0.0344. The molecule has 0 unspecified atom stereocenters. The van der Waals surface area contributed by atoms with Crippen molar-refractivity contribution in [2.24, 2.45) is 5.41 Å². The van der Waals surface area contributed by atoms with E-state index in [1.165, 1.54) is 121 Å². The summed E-state index contributed by atoms with van der Waals surface area (Å²) in [6.07, 6.45) is 38.3. The highest BCUT2D eigenvalue weighted by atomic mass is 32.2. The van der Waals surface area contributed by atoms with Crippen LogP contribution in [0.5, 0.6) is 0 Å². The van der Waals surface area contributed by atoms with E-state index in [0.717, 1.165) is 122 Å². The smallest absolute Gasteiger partial charge is 0.306 e. The number of hydrogen-bond donors (Lipinski definition) is 0. The first kappa shape index (κ1) is 57.7. The molecule has 8 heteroatoms. The van der Waals surface area contributed by atoms with E-state index in [2.05, 4.69) is 58.5 Å². The summed E-state index contributed by atoms with van der Waals surface area (Å²) in [7, 11) is 4.20. The normalized spacial score (nSPS) is 11.8. The molecule has 0 aliphatic rings. The largest absolute Gasteiger partial charge is 0.465 e. The fraction of sp³-hybridized carbons (Fsp3) is 0.941. The van der Waals surface area contributed by atoms with Gasteiger partial charge in [-0.25, -0.2) is 0 Å². The van der Waals surface area contributed by atoms with Crippen LogP contribution in [0.4, 0.5) is 4.79 Å². The van der Waals surface area contributed by atoms with Crippen molar-refractivity contribution in [1.82, 2.24) is 9.80 Å². The number of hydrogen-bond acceptors (Lipinski definition) is 7. The standard InChI is InChI=1S/C51H100N2O5S/c1-8-11-14-17-20-24-30-39-48(54)57-46-51(4,5)41-32-27-34-44-53(50(56)59-45-36-35-42-52(6)7)43-33-26-21-25-31-40-49(55)58-47(37-28-22-18-15-12-9-2)38-29-23-19-16-13-10-3/h47H,8-46H2,1-7H3. The van der Waals surface area contributed by atoms with Crippen molar-refractivity contribution >= 4 is 28.9 Å². The number of thioether (sulfide) groups is 1. The highest BCUT2D eigenvalue weighted by Crippen LogP contribution is 2.25. The van der Waals surface area contributed by atoms with Gasteiger partial charge in [-0.05, 0) is 96.7 Å². The lowest BCUT2D eigenvalue weighted by molar-refractivity contribution is -0.150. The summed E-state index contributed by atoms with van der Waals surface area (Å²) >= 11 is 1.49. The molecule has 0 heterocycles. The van der Waals surface area contributed by atoms with Crippen LogP contribution in [0.25, 0.3) is 0 Å². The molecule has 0 radical (unpaired) electrons. The average molecular weight is 853 g/mol. The minimum absolute atomic E-state index is 0.00505. The summed E-state index contributed by atoms with van der Waals surface area (Å²) < 4.78 is 11.7. The van der Waals surface area contributed by atoms with E-state index in [0.29, 0.717) is 19.4 Å². The van der Waals surface area contributed by atoms with E-state index in [9.17, 15) is 14.4 Å². The van der Waals surface area contributed by atoms with Gasteiger partial charge in [0.15, 0.2) is 0 Å². The monoisotopic (exact) mass is 853 g/mol. The number of carbonyl (C=O) groups is 3. The summed E-state index contributed by atoms with van der Waals surface area (Å²) in [5, 5.41) is 0.224. The zero-order valence-corrected chi connectivity index (χ0v) is 41.3. The van der Waals surface area contributed by atoms with E-state index < -0.39 is 0 Å². The molecule has 59 heavy (non-hydrogen) atoms. The van der Waals surface area contributed by atoms with Crippen LogP contribution in [0.15, 0.2) is 0 Å². The van der Waals surface area contributed by atoms with Gasteiger partial charge in [-0.15, -0.1) is 0 Å². The lowest BCUT2D eigenvalue weighted by Gasteiger charge is -2.25. The third-order valence-corrected chi connectivity index (χ3v) is 12.7. The Kier molecular flexibility index (Phi) is 41.1. The van der Waals surface area contributed by atoms with Crippen LogP contribution < -0.4 is 0 Å². The molecule has 0 spiro atoms. The van der Waals surface area contributed by atoms with Crippen molar-refractivity contribution in [2.75, 3.05) is 46.1 Å². The van der Waals surface area contributed by atoms with E-state index >= 15 is 0 Å². The minimum atomic E-state index is -0.0520. The molecule has 0 aromatic carbocycles. The van der Waals surface area contributed by atoms with Crippen LogP contribution in [0.3, 0.4) is 0 Å². The second kappa shape index (κ2) is 42.0. The Balaban J connectivity index is 4.61. The SMILES string of the molecule is CCCCCCCCCC(=O)OCC(C)(C)CCCCCN(CCCCCCCC(=O)OC(CCCCCCCC)CCCCCCCC)C(=O)SCCCCN(C)C. The molecule has 0 aromatic heterocycles. The van der Waals surface area contributed by atoms with E-state index in [4.69, 9.17) is 9.47 Å². The number of esters is 2. The van der Waals surface area contributed by atoms with E-state index in [1.54, 1.807) is 0 Å². The molecule has 0 aromatic rings. The molecule has 0 N–H and O–H groups in total. The van der Waals surface area contributed by atoms with Gasteiger partial charge in [0.2, 0.25) is 0 Å². The first-order chi connectivity index (χ1) is 28.5. The van der Waals surface area contributed by atoms with Gasteiger partial charge >= 0.3 is 11.9 Å². The van der Waals surface area contributed by atoms with Crippen LogP contribution in [0.2, 0.25) is 0 Å². The zero-order chi connectivity index (χ0) is 43.7. The third-order valence-electron chi connectivity index (χ3n) is 11.7. The lowest BCUT2D eigenvalue weighted by Crippen LogP contribution is -2.30. The maximum absolute atomic E-state index is 13.3. The fourth-order valence-corrected chi connectivity index (χ4v) is 8.61. The maximum atomic E-state index is 13.3. The van der Waals surface area contributed by atoms with E-state index in [1.807, 2.05) is 0 Å². The van der Waals surface area contributed by atoms with Gasteiger partial charge in [-0.3, -0.25) is 14.4 Å². The summed E-state index contributed by atoms with van der Waals surface area (Å²) in [6, 6.07) is 0. The van der Waals surface area contributed by atoms with E-state index in [-0.39, 0.29) is 28.7 Å². The molecule has 0 rings (SSSR count). The van der Waals surface area contributed by atoms with Crippen molar-refractivity contribution in [2.45, 2.75) is 259 Å². The molecular formula is C51H100N2O5S. The molecule has 0 bridgehead atoms. The van der Waals surface area contributed by atoms with Gasteiger partial charge in [-0.2, -0.15) is 0 Å². The second-order valence-electron chi connectivity index (χ2n) is 18.9. The quantitative estimate of drug-likeness (QED) is 0.0446. The van der Waals surface area contributed by atoms with Crippen molar-refractivity contribution in [3.05, 3.63) is 0 Å². The summed E-state index contributed by atoms with van der Waals surface area (Å²) in [5.74, 6) is 0.822. The summed E-state index contributed by atoms with van der Waals surface area (Å²) in [6.45, 7) is 14.3. The van der Waals surface area contributed by atoms with Crippen molar-refractivity contribution < 1.29 is 23.9 Å². The van der Waals surface area contributed by atoms with Gasteiger partial charge in [0.25, 0.3) is 5.24 Å². The number of amides is 1. The Morgan fingerprint density at radius 1 is 0.508 bits per heavy atom. The van der Waals surface area contributed by atoms with Gasteiger partial charge in [0, 0.05) is 31.7 Å². The Labute approximate surface area is 371 Å². The topological polar surface area (TPSA) is 76.1 Å². The molecular weight excluding hydrogens is 753 g/mol. The predicted octanol–water partition coefficient (Wildman–Crippen LogP) is 15.5. The molecule has 0 aliphatic heterocycles. The molecule has 0 saturated heterocycles. The number of unbranched alkanes of at least 4 members (excludes halogenated alkanes) is 23. The Morgan fingerprint density at radius 2 is 0.932 bits per heavy atom. The Hall–Kier alpha value is -1.28. The minimum Gasteiger partial charge on any atom is -0.465 e. The molecule has 0 saturated carbocycles. The fourth-order valence-electron chi connectivity index (χ4n) is 7.72. The average Bonchev–Trinajstić information content (AvgIpc) is 3.20.